The van der Waals surface area contributed by atoms with E-state index in [0.717, 1.165) is 11.8 Å². The second kappa shape index (κ2) is 4.55. The van der Waals surface area contributed by atoms with Crippen LogP contribution in [0.25, 0.3) is 0 Å². The fourth-order valence-corrected chi connectivity index (χ4v) is 3.46. The first-order valence-electron chi connectivity index (χ1n) is 6.60. The lowest BCUT2D eigenvalue weighted by atomic mass is 9.82. The Morgan fingerprint density at radius 1 is 1.20 bits per heavy atom. The molecule has 1 fully saturated rings. The van der Waals surface area contributed by atoms with Crippen molar-refractivity contribution in [3.8, 4) is 0 Å². The number of hydrogen-bond donors (Lipinski definition) is 0. The maximum Gasteiger partial charge on any atom is -0.0197 e. The normalized spacial score (nSPS) is 27.5. The van der Waals surface area contributed by atoms with Crippen molar-refractivity contribution in [3.63, 3.8) is 0 Å². The fraction of sp³-hybridized carbons (Fsp3) is 0.733. The van der Waals surface area contributed by atoms with E-state index in [4.69, 9.17) is 0 Å². The van der Waals surface area contributed by atoms with Crippen LogP contribution >= 0.6 is 0 Å². The third-order valence-electron chi connectivity index (χ3n) is 4.05. The van der Waals surface area contributed by atoms with Gasteiger partial charge >= 0.3 is 0 Å². The molecule has 2 aliphatic rings. The maximum absolute atomic E-state index is 2.47. The molecular weight excluding hydrogens is 180 g/mol. The molecule has 0 N–H and O–H groups in total. The van der Waals surface area contributed by atoms with Crippen LogP contribution in [-0.4, -0.2) is 0 Å². The molecule has 0 amide bonds. The predicted molar refractivity (Wildman–Crippen MR) is 66.8 cm³/mol. The summed E-state index contributed by atoms with van der Waals surface area (Å²) in [7, 11) is 0. The monoisotopic (exact) mass is 204 g/mol. The van der Waals surface area contributed by atoms with E-state index in [9.17, 15) is 0 Å². The number of allylic oxidation sites excluding steroid dienone is 4. The quantitative estimate of drug-likeness (QED) is 0.571. The molecule has 1 unspecified atom stereocenters. The highest BCUT2D eigenvalue weighted by Crippen LogP contribution is 2.41. The lowest BCUT2D eigenvalue weighted by molar-refractivity contribution is 0.535. The van der Waals surface area contributed by atoms with Gasteiger partial charge in [0, 0.05) is 0 Å². The molecule has 1 atom stereocenters. The van der Waals surface area contributed by atoms with Crippen molar-refractivity contribution in [2.75, 3.05) is 0 Å². The summed E-state index contributed by atoms with van der Waals surface area (Å²) < 4.78 is 0. The molecule has 2 rings (SSSR count). The van der Waals surface area contributed by atoms with Crippen molar-refractivity contribution in [2.45, 2.75) is 59.3 Å². The first kappa shape index (κ1) is 11.0. The highest BCUT2D eigenvalue weighted by molar-refractivity contribution is 5.38. The van der Waals surface area contributed by atoms with Gasteiger partial charge in [0.15, 0.2) is 0 Å². The molecule has 0 saturated heterocycles. The van der Waals surface area contributed by atoms with Crippen LogP contribution in [0.5, 0.6) is 0 Å². The molecule has 84 valence electrons. The molecule has 0 bridgehead atoms. The van der Waals surface area contributed by atoms with E-state index < -0.39 is 0 Å². The highest BCUT2D eigenvalue weighted by Gasteiger charge is 2.26. The van der Waals surface area contributed by atoms with Gasteiger partial charge in [-0.1, -0.05) is 31.1 Å². The van der Waals surface area contributed by atoms with Gasteiger partial charge in [-0.05, 0) is 62.9 Å². The maximum atomic E-state index is 2.47. The van der Waals surface area contributed by atoms with Gasteiger partial charge in [-0.2, -0.15) is 0 Å². The third-order valence-corrected chi connectivity index (χ3v) is 4.05. The first-order chi connectivity index (χ1) is 7.20. The number of fused-ring (bicyclic) bond motifs is 1. The molecule has 0 spiro atoms. The molecule has 0 aliphatic heterocycles. The van der Waals surface area contributed by atoms with Crippen LogP contribution in [0.2, 0.25) is 0 Å². The average molecular weight is 204 g/mol. The summed E-state index contributed by atoms with van der Waals surface area (Å²) in [4.78, 5) is 0. The average Bonchev–Trinajstić information content (AvgIpc) is 2.57. The summed E-state index contributed by atoms with van der Waals surface area (Å²) in [5.74, 6) is 1.65. The standard InChI is InChI=1S/C15H24/c1-11(2)15-12(3)7-4-5-8-13-9-6-10-14(13)15/h7,11,13H,4-6,8-10H2,1-3H3. The van der Waals surface area contributed by atoms with Crippen LogP contribution in [0, 0.1) is 11.8 Å². The molecule has 0 radical (unpaired) electrons. The Morgan fingerprint density at radius 2 is 1.93 bits per heavy atom. The molecule has 0 aromatic carbocycles. The number of rotatable bonds is 1. The van der Waals surface area contributed by atoms with Gasteiger partial charge in [0.25, 0.3) is 0 Å². The summed E-state index contributed by atoms with van der Waals surface area (Å²) in [6.07, 6.45) is 10.9. The van der Waals surface area contributed by atoms with Crippen molar-refractivity contribution in [2.24, 2.45) is 11.8 Å². The van der Waals surface area contributed by atoms with E-state index in [-0.39, 0.29) is 0 Å². The Labute approximate surface area is 94.5 Å². The van der Waals surface area contributed by atoms with E-state index in [2.05, 4.69) is 26.8 Å². The molecule has 0 heterocycles. The lowest BCUT2D eigenvalue weighted by Crippen LogP contribution is -2.08. The summed E-state index contributed by atoms with van der Waals surface area (Å²) in [6, 6.07) is 0. The molecule has 0 heteroatoms. The van der Waals surface area contributed by atoms with Gasteiger partial charge in [0.1, 0.15) is 0 Å². The Balaban J connectivity index is 2.40. The van der Waals surface area contributed by atoms with Gasteiger partial charge < -0.3 is 0 Å². The van der Waals surface area contributed by atoms with Crippen LogP contribution in [0.3, 0.4) is 0 Å². The predicted octanol–water partition coefficient (Wildman–Crippen LogP) is 4.87. The fourth-order valence-electron chi connectivity index (χ4n) is 3.46. The number of hydrogen-bond acceptors (Lipinski definition) is 0. The van der Waals surface area contributed by atoms with Crippen molar-refractivity contribution in [1.82, 2.24) is 0 Å². The molecular formula is C15H24. The minimum Gasteiger partial charge on any atom is -0.0813 e. The summed E-state index contributed by atoms with van der Waals surface area (Å²) in [5, 5.41) is 0. The molecule has 0 aromatic heterocycles. The van der Waals surface area contributed by atoms with Crippen LogP contribution < -0.4 is 0 Å². The smallest absolute Gasteiger partial charge is 0.0197 e. The minimum atomic E-state index is 0.718. The van der Waals surface area contributed by atoms with E-state index in [0.29, 0.717) is 0 Å². The van der Waals surface area contributed by atoms with Gasteiger partial charge in [0.2, 0.25) is 0 Å². The second-order valence-electron chi connectivity index (χ2n) is 5.50. The van der Waals surface area contributed by atoms with Crippen molar-refractivity contribution in [3.05, 3.63) is 22.8 Å². The largest absolute Gasteiger partial charge is 0.0813 e. The third kappa shape index (κ3) is 2.19. The van der Waals surface area contributed by atoms with E-state index in [1.807, 2.05) is 5.57 Å². The first-order valence-corrected chi connectivity index (χ1v) is 6.60. The molecule has 1 saturated carbocycles. The summed E-state index contributed by atoms with van der Waals surface area (Å²) >= 11 is 0. The SMILES string of the molecule is CC1=CCCCC2CCCC2=C1C(C)C. The summed E-state index contributed by atoms with van der Waals surface area (Å²) in [5.41, 5.74) is 5.10. The zero-order chi connectivity index (χ0) is 10.8. The zero-order valence-corrected chi connectivity index (χ0v) is 10.5. The molecule has 0 nitrogen and oxygen atoms in total. The Morgan fingerprint density at radius 3 is 2.67 bits per heavy atom. The van der Waals surface area contributed by atoms with Gasteiger partial charge in [-0.25, -0.2) is 0 Å². The minimum absolute atomic E-state index is 0.718. The van der Waals surface area contributed by atoms with E-state index in [1.165, 1.54) is 38.5 Å². The van der Waals surface area contributed by atoms with Gasteiger partial charge in [-0.3, -0.25) is 0 Å². The zero-order valence-electron chi connectivity index (χ0n) is 10.5. The van der Waals surface area contributed by atoms with Crippen LogP contribution in [0.15, 0.2) is 22.8 Å². The second-order valence-corrected chi connectivity index (χ2v) is 5.50. The van der Waals surface area contributed by atoms with Crippen molar-refractivity contribution in [1.29, 1.82) is 0 Å². The topological polar surface area (TPSA) is 0 Å². The Bertz CT molecular complexity index is 291. The molecule has 0 aromatic rings. The highest BCUT2D eigenvalue weighted by atomic mass is 14.3. The van der Waals surface area contributed by atoms with Crippen molar-refractivity contribution < 1.29 is 0 Å². The van der Waals surface area contributed by atoms with E-state index in [1.54, 1.807) is 11.1 Å². The molecule has 2 aliphatic carbocycles. The van der Waals surface area contributed by atoms with Crippen molar-refractivity contribution >= 4 is 0 Å². The molecule has 15 heavy (non-hydrogen) atoms. The summed E-state index contributed by atoms with van der Waals surface area (Å²) in [6.45, 7) is 7.04. The van der Waals surface area contributed by atoms with Gasteiger partial charge in [0.05, 0.1) is 0 Å². The van der Waals surface area contributed by atoms with Crippen LogP contribution in [-0.2, 0) is 0 Å². The lowest BCUT2D eigenvalue weighted by Gasteiger charge is -2.23. The van der Waals surface area contributed by atoms with E-state index >= 15 is 0 Å². The Hall–Kier alpha value is -0.520. The van der Waals surface area contributed by atoms with Gasteiger partial charge in [-0.15, -0.1) is 0 Å². The van der Waals surface area contributed by atoms with Crippen LogP contribution in [0.4, 0.5) is 0 Å². The van der Waals surface area contributed by atoms with Crippen LogP contribution in [0.1, 0.15) is 59.3 Å². The Kier molecular flexibility index (Phi) is 3.33.